The molecule has 0 aromatic carbocycles. The van der Waals surface area contributed by atoms with Crippen molar-refractivity contribution in [2.75, 3.05) is 12.9 Å². The smallest absolute Gasteiger partial charge is 0.117 e. The fraction of sp³-hybridized carbons (Fsp3) is 0.545. The summed E-state index contributed by atoms with van der Waals surface area (Å²) in [5, 5.41) is 8.43. The lowest BCUT2D eigenvalue weighted by atomic mass is 10.3. The number of alkyl halides is 1. The summed E-state index contributed by atoms with van der Waals surface area (Å²) in [6.45, 7) is 3.15. The van der Waals surface area contributed by atoms with Crippen molar-refractivity contribution in [3.8, 4) is 6.07 Å². The van der Waals surface area contributed by atoms with Crippen molar-refractivity contribution in [1.29, 1.82) is 5.26 Å². The van der Waals surface area contributed by atoms with Gasteiger partial charge in [0.2, 0.25) is 0 Å². The number of halogens is 1. The van der Waals surface area contributed by atoms with Gasteiger partial charge in [-0.2, -0.15) is 5.26 Å². The molecule has 0 spiro atoms. The lowest BCUT2D eigenvalue weighted by molar-refractivity contribution is 0.156. The van der Waals surface area contributed by atoms with Crippen molar-refractivity contribution in [1.82, 2.24) is 0 Å². The SMILES string of the molecule is COC(C)/C=C\C(=C/C(C)F)S(=O)CC#N. The van der Waals surface area contributed by atoms with E-state index in [1.54, 1.807) is 26.2 Å². The molecule has 0 aliphatic rings. The first kappa shape index (κ1) is 15.0. The van der Waals surface area contributed by atoms with E-state index in [1.165, 1.54) is 19.1 Å². The van der Waals surface area contributed by atoms with Gasteiger partial charge in [-0.25, -0.2) is 4.39 Å². The van der Waals surface area contributed by atoms with Crippen LogP contribution in [-0.4, -0.2) is 29.3 Å². The molecule has 0 saturated carbocycles. The first-order valence-corrected chi connectivity index (χ1v) is 6.15. The number of nitrogens with zero attached hydrogens (tertiary/aromatic N) is 1. The lowest BCUT2D eigenvalue weighted by Gasteiger charge is -2.04. The number of nitriles is 1. The molecule has 0 heterocycles. The van der Waals surface area contributed by atoms with Crippen molar-refractivity contribution in [2.45, 2.75) is 26.1 Å². The minimum atomic E-state index is -1.48. The number of ether oxygens (including phenoxy) is 1. The van der Waals surface area contributed by atoms with E-state index in [1.807, 2.05) is 0 Å². The van der Waals surface area contributed by atoms with Gasteiger partial charge in [-0.1, -0.05) is 6.08 Å². The molecule has 3 nitrogen and oxygen atoms in total. The average molecular weight is 245 g/mol. The summed E-state index contributed by atoms with van der Waals surface area (Å²) in [6.07, 6.45) is 3.12. The zero-order valence-electron chi connectivity index (χ0n) is 9.64. The molecule has 3 unspecified atom stereocenters. The molecule has 5 heteroatoms. The van der Waals surface area contributed by atoms with Crippen LogP contribution < -0.4 is 0 Å². The highest BCUT2D eigenvalue weighted by Gasteiger charge is 2.06. The molecule has 0 rings (SSSR count). The second-order valence-corrected chi connectivity index (χ2v) is 4.65. The Balaban J connectivity index is 4.77. The molecule has 0 amide bonds. The first-order valence-electron chi connectivity index (χ1n) is 4.83. The van der Waals surface area contributed by atoms with Gasteiger partial charge in [-0.15, -0.1) is 0 Å². The van der Waals surface area contributed by atoms with Gasteiger partial charge in [0.1, 0.15) is 11.9 Å². The topological polar surface area (TPSA) is 50.1 Å². The van der Waals surface area contributed by atoms with Crippen molar-refractivity contribution in [2.24, 2.45) is 0 Å². The van der Waals surface area contributed by atoms with E-state index < -0.39 is 17.0 Å². The molecule has 3 atom stereocenters. The highest BCUT2D eigenvalue weighted by atomic mass is 32.2. The molecule has 0 saturated heterocycles. The first-order chi connectivity index (χ1) is 7.51. The zero-order valence-corrected chi connectivity index (χ0v) is 10.5. The fourth-order valence-electron chi connectivity index (χ4n) is 0.885. The number of allylic oxidation sites excluding steroid dienone is 2. The Labute approximate surface area is 98.1 Å². The highest BCUT2D eigenvalue weighted by molar-refractivity contribution is 7.89. The van der Waals surface area contributed by atoms with E-state index in [-0.39, 0.29) is 11.9 Å². The molecule has 0 N–H and O–H groups in total. The van der Waals surface area contributed by atoms with Crippen LogP contribution in [0.2, 0.25) is 0 Å². The third-order valence-electron chi connectivity index (χ3n) is 1.76. The quantitative estimate of drug-likeness (QED) is 0.673. The predicted octanol–water partition coefficient (Wildman–Crippen LogP) is 2.09. The Morgan fingerprint density at radius 1 is 1.62 bits per heavy atom. The van der Waals surface area contributed by atoms with Crippen LogP contribution in [0, 0.1) is 11.3 Å². The van der Waals surface area contributed by atoms with Crippen molar-refractivity contribution in [3.63, 3.8) is 0 Å². The fourth-order valence-corrected chi connectivity index (χ4v) is 1.74. The van der Waals surface area contributed by atoms with Crippen LogP contribution in [0.15, 0.2) is 23.1 Å². The standard InChI is InChI=1S/C11H16FNO2S/c1-9(12)8-11(16(14)7-6-13)5-4-10(2)15-3/h4-5,8-10H,7H2,1-3H3/b5-4-,11-8+. The molecule has 90 valence electrons. The van der Waals surface area contributed by atoms with Gasteiger partial charge in [0.25, 0.3) is 0 Å². The Kier molecular flexibility index (Phi) is 7.69. The molecular weight excluding hydrogens is 229 g/mol. The van der Waals surface area contributed by atoms with Crippen LogP contribution in [0.1, 0.15) is 13.8 Å². The Morgan fingerprint density at radius 2 is 2.25 bits per heavy atom. The molecule has 0 bridgehead atoms. The molecular formula is C11H16FNO2S. The Hall–Kier alpha value is -0.990. The second-order valence-electron chi connectivity index (χ2n) is 3.19. The number of hydrogen-bond donors (Lipinski definition) is 0. The molecule has 0 aromatic heterocycles. The summed E-state index contributed by atoms with van der Waals surface area (Å²) >= 11 is 0. The summed E-state index contributed by atoms with van der Waals surface area (Å²) in [4.78, 5) is 0.320. The van der Waals surface area contributed by atoms with Crippen LogP contribution in [0.4, 0.5) is 4.39 Å². The molecule has 0 aliphatic carbocycles. The third-order valence-corrected chi connectivity index (χ3v) is 2.94. The van der Waals surface area contributed by atoms with Gasteiger partial charge in [-0.3, -0.25) is 4.21 Å². The van der Waals surface area contributed by atoms with Crippen LogP contribution in [0.3, 0.4) is 0 Å². The molecule has 0 aliphatic heterocycles. The minimum Gasteiger partial charge on any atom is -0.378 e. The van der Waals surface area contributed by atoms with Gasteiger partial charge in [0.15, 0.2) is 0 Å². The maximum absolute atomic E-state index is 12.8. The lowest BCUT2D eigenvalue weighted by Crippen LogP contribution is -2.03. The van der Waals surface area contributed by atoms with E-state index in [0.29, 0.717) is 4.91 Å². The van der Waals surface area contributed by atoms with Gasteiger partial charge in [-0.05, 0) is 26.0 Å². The van der Waals surface area contributed by atoms with Crippen molar-refractivity contribution < 1.29 is 13.3 Å². The number of rotatable bonds is 6. The van der Waals surface area contributed by atoms with Gasteiger partial charge in [0.05, 0.1) is 23.0 Å². The van der Waals surface area contributed by atoms with Crippen molar-refractivity contribution >= 4 is 10.8 Å². The maximum atomic E-state index is 12.8. The third kappa shape index (κ3) is 6.49. The summed E-state index contributed by atoms with van der Waals surface area (Å²) in [5.74, 6) is -0.135. The second kappa shape index (κ2) is 8.20. The van der Waals surface area contributed by atoms with Crippen molar-refractivity contribution in [3.05, 3.63) is 23.1 Å². The molecule has 0 fully saturated rings. The monoisotopic (exact) mass is 245 g/mol. The van der Waals surface area contributed by atoms with Gasteiger partial charge >= 0.3 is 0 Å². The predicted molar refractivity (Wildman–Crippen MR) is 62.9 cm³/mol. The summed E-state index contributed by atoms with van der Waals surface area (Å²) < 4.78 is 29.3. The van der Waals surface area contributed by atoms with E-state index in [4.69, 9.17) is 10.00 Å². The van der Waals surface area contributed by atoms with E-state index in [9.17, 15) is 8.60 Å². The van der Waals surface area contributed by atoms with Crippen LogP contribution in [0.25, 0.3) is 0 Å². The average Bonchev–Trinajstić information content (AvgIpc) is 2.23. The highest BCUT2D eigenvalue weighted by Crippen LogP contribution is 2.09. The van der Waals surface area contributed by atoms with Crippen LogP contribution in [-0.2, 0) is 15.5 Å². The Morgan fingerprint density at radius 3 is 2.69 bits per heavy atom. The Bertz CT molecular complexity index is 331. The maximum Gasteiger partial charge on any atom is 0.117 e. The normalized spacial score (nSPS) is 18.1. The van der Waals surface area contributed by atoms with E-state index >= 15 is 0 Å². The molecule has 0 aromatic rings. The van der Waals surface area contributed by atoms with Crippen LogP contribution in [0.5, 0.6) is 0 Å². The van der Waals surface area contributed by atoms with E-state index in [2.05, 4.69) is 0 Å². The summed E-state index contributed by atoms with van der Waals surface area (Å²) in [7, 11) is 0.0649. The van der Waals surface area contributed by atoms with Gasteiger partial charge < -0.3 is 4.74 Å². The number of hydrogen-bond acceptors (Lipinski definition) is 3. The summed E-state index contributed by atoms with van der Waals surface area (Å²) in [6, 6.07) is 1.79. The van der Waals surface area contributed by atoms with E-state index in [0.717, 1.165) is 0 Å². The summed E-state index contributed by atoms with van der Waals surface area (Å²) in [5.41, 5.74) is 0. The zero-order chi connectivity index (χ0) is 12.6. The molecule has 0 radical (unpaired) electrons. The largest absolute Gasteiger partial charge is 0.378 e. The van der Waals surface area contributed by atoms with Crippen LogP contribution >= 0.6 is 0 Å². The van der Waals surface area contributed by atoms with Gasteiger partial charge in [0, 0.05) is 12.0 Å². The molecule has 16 heavy (non-hydrogen) atoms. The number of methoxy groups -OCH3 is 1. The minimum absolute atomic E-state index is 0.135.